The van der Waals surface area contributed by atoms with Crippen molar-refractivity contribution in [3.05, 3.63) is 76.8 Å². The van der Waals surface area contributed by atoms with Crippen LogP contribution >= 0.6 is 0 Å². The lowest BCUT2D eigenvalue weighted by atomic mass is 10.1. The molecule has 3 aromatic carbocycles. The highest BCUT2D eigenvalue weighted by Crippen LogP contribution is 2.22. The second-order valence-electron chi connectivity index (χ2n) is 5.24. The zero-order valence-electron chi connectivity index (χ0n) is 12.7. The van der Waals surface area contributed by atoms with Crippen LogP contribution < -0.4 is 10.6 Å². The summed E-state index contributed by atoms with van der Waals surface area (Å²) in [4.78, 5) is 22.3. The van der Waals surface area contributed by atoms with E-state index in [9.17, 15) is 14.9 Å². The highest BCUT2D eigenvalue weighted by molar-refractivity contribution is 5.98. The number of nitro groups is 1. The zero-order chi connectivity index (χ0) is 16.9. The molecule has 0 aliphatic rings. The Balaban J connectivity index is 1.67. The maximum atomic E-state index is 12.1. The van der Waals surface area contributed by atoms with Gasteiger partial charge in [0.05, 0.1) is 11.5 Å². The number of fused-ring (bicyclic) bond motifs is 1. The molecule has 0 spiro atoms. The number of carbonyl (C=O) groups is 1. The average molecular weight is 321 g/mol. The number of amides is 1. The molecule has 0 atom stereocenters. The average Bonchev–Trinajstić information content (AvgIpc) is 2.60. The van der Waals surface area contributed by atoms with Crippen LogP contribution in [0.4, 0.5) is 17.1 Å². The van der Waals surface area contributed by atoms with E-state index in [1.165, 1.54) is 18.2 Å². The van der Waals surface area contributed by atoms with Gasteiger partial charge in [0.15, 0.2) is 0 Å². The summed E-state index contributed by atoms with van der Waals surface area (Å²) in [6.07, 6.45) is 0. The monoisotopic (exact) mass is 321 g/mol. The van der Waals surface area contributed by atoms with Crippen molar-refractivity contribution in [2.45, 2.75) is 0 Å². The first kappa shape index (κ1) is 15.5. The van der Waals surface area contributed by atoms with Gasteiger partial charge in [-0.15, -0.1) is 0 Å². The van der Waals surface area contributed by atoms with Gasteiger partial charge >= 0.3 is 0 Å². The number of rotatable bonds is 5. The molecule has 2 N–H and O–H groups in total. The summed E-state index contributed by atoms with van der Waals surface area (Å²) in [7, 11) is 0. The fourth-order valence-corrected chi connectivity index (χ4v) is 2.46. The summed E-state index contributed by atoms with van der Waals surface area (Å²) in [6.45, 7) is 0.0662. The summed E-state index contributed by atoms with van der Waals surface area (Å²) in [5.41, 5.74) is 1.20. The molecule has 120 valence electrons. The zero-order valence-corrected chi connectivity index (χ0v) is 12.7. The van der Waals surface area contributed by atoms with Crippen molar-refractivity contribution in [2.75, 3.05) is 17.2 Å². The van der Waals surface area contributed by atoms with E-state index in [1.54, 1.807) is 6.07 Å². The fraction of sp³-hybridized carbons (Fsp3) is 0.0556. The van der Waals surface area contributed by atoms with E-state index in [-0.39, 0.29) is 18.1 Å². The molecule has 0 aliphatic carbocycles. The quantitative estimate of drug-likeness (QED) is 0.553. The lowest BCUT2D eigenvalue weighted by Crippen LogP contribution is -2.21. The molecule has 0 aliphatic heterocycles. The number of benzene rings is 3. The molecule has 3 rings (SSSR count). The van der Waals surface area contributed by atoms with Gasteiger partial charge in [-0.3, -0.25) is 14.9 Å². The Kier molecular flexibility index (Phi) is 4.38. The van der Waals surface area contributed by atoms with Gasteiger partial charge in [-0.25, -0.2) is 0 Å². The van der Waals surface area contributed by atoms with E-state index in [0.717, 1.165) is 16.5 Å². The summed E-state index contributed by atoms with van der Waals surface area (Å²) < 4.78 is 0. The van der Waals surface area contributed by atoms with Crippen molar-refractivity contribution in [2.24, 2.45) is 0 Å². The molecule has 1 amide bonds. The smallest absolute Gasteiger partial charge is 0.271 e. The van der Waals surface area contributed by atoms with E-state index in [1.807, 2.05) is 42.5 Å². The van der Waals surface area contributed by atoms with Crippen LogP contribution in [0.5, 0.6) is 0 Å². The van der Waals surface area contributed by atoms with Crippen molar-refractivity contribution in [3.63, 3.8) is 0 Å². The Labute approximate surface area is 138 Å². The van der Waals surface area contributed by atoms with Crippen LogP contribution in [0.15, 0.2) is 66.7 Å². The van der Waals surface area contributed by atoms with Crippen molar-refractivity contribution >= 4 is 33.7 Å². The minimum absolute atomic E-state index is 0.0604. The molecule has 0 heterocycles. The lowest BCUT2D eigenvalue weighted by Gasteiger charge is -2.10. The molecule has 6 nitrogen and oxygen atoms in total. The fourth-order valence-electron chi connectivity index (χ4n) is 2.46. The molecule has 0 saturated carbocycles. The molecule has 0 bridgehead atoms. The molecule has 6 heteroatoms. The molecular weight excluding hydrogens is 306 g/mol. The van der Waals surface area contributed by atoms with Gasteiger partial charge in [0, 0.05) is 28.9 Å². The molecule has 0 fully saturated rings. The minimum atomic E-state index is -0.496. The molecule has 0 radical (unpaired) electrons. The Bertz CT molecular complexity index is 903. The highest BCUT2D eigenvalue weighted by Gasteiger charge is 2.08. The Morgan fingerprint density at radius 1 is 1.00 bits per heavy atom. The largest absolute Gasteiger partial charge is 0.376 e. The van der Waals surface area contributed by atoms with E-state index < -0.39 is 4.92 Å². The number of nitro benzene ring substituents is 1. The van der Waals surface area contributed by atoms with Crippen LogP contribution in [0, 0.1) is 10.1 Å². The number of hydrogen-bond donors (Lipinski definition) is 2. The van der Waals surface area contributed by atoms with Crippen molar-refractivity contribution in [1.82, 2.24) is 0 Å². The molecule has 0 aromatic heterocycles. The Morgan fingerprint density at radius 2 is 1.75 bits per heavy atom. The van der Waals surface area contributed by atoms with Gasteiger partial charge in [0.2, 0.25) is 5.91 Å². The molecular formula is C18H15N3O3. The van der Waals surface area contributed by atoms with Gasteiger partial charge in [-0.1, -0.05) is 42.5 Å². The summed E-state index contributed by atoms with van der Waals surface area (Å²) in [5.74, 6) is -0.275. The van der Waals surface area contributed by atoms with Gasteiger partial charge in [0.1, 0.15) is 0 Å². The van der Waals surface area contributed by atoms with Crippen molar-refractivity contribution < 1.29 is 9.72 Å². The predicted molar refractivity (Wildman–Crippen MR) is 94.2 cm³/mol. The topological polar surface area (TPSA) is 84.3 Å². The first-order valence-corrected chi connectivity index (χ1v) is 7.39. The van der Waals surface area contributed by atoms with Crippen LogP contribution in [0.3, 0.4) is 0 Å². The maximum absolute atomic E-state index is 12.1. The van der Waals surface area contributed by atoms with Gasteiger partial charge in [0.25, 0.3) is 5.69 Å². The predicted octanol–water partition coefficient (Wildman–Crippen LogP) is 3.80. The highest BCUT2D eigenvalue weighted by atomic mass is 16.6. The number of anilines is 2. The summed E-state index contributed by atoms with van der Waals surface area (Å²) in [6, 6.07) is 19.6. The van der Waals surface area contributed by atoms with Crippen LogP contribution in [0.25, 0.3) is 10.8 Å². The van der Waals surface area contributed by atoms with Crippen LogP contribution in [0.1, 0.15) is 0 Å². The standard InChI is InChI=1S/C18H15N3O3/c22-18(20-14-7-4-8-15(11-14)21(23)24)12-19-17-10-3-6-13-5-1-2-9-16(13)17/h1-11,19H,12H2,(H,20,22). The molecule has 24 heavy (non-hydrogen) atoms. The second-order valence-corrected chi connectivity index (χ2v) is 5.24. The van der Waals surface area contributed by atoms with Gasteiger partial charge < -0.3 is 10.6 Å². The Morgan fingerprint density at radius 3 is 2.58 bits per heavy atom. The minimum Gasteiger partial charge on any atom is -0.376 e. The second kappa shape index (κ2) is 6.78. The third kappa shape index (κ3) is 3.49. The van der Waals surface area contributed by atoms with Gasteiger partial charge in [-0.05, 0) is 17.5 Å². The first-order valence-electron chi connectivity index (χ1n) is 7.39. The molecule has 3 aromatic rings. The number of non-ortho nitro benzene ring substituents is 1. The third-order valence-electron chi connectivity index (χ3n) is 3.57. The van der Waals surface area contributed by atoms with E-state index in [0.29, 0.717) is 5.69 Å². The molecule has 0 saturated heterocycles. The van der Waals surface area contributed by atoms with Gasteiger partial charge in [-0.2, -0.15) is 0 Å². The van der Waals surface area contributed by atoms with Crippen LogP contribution in [0.2, 0.25) is 0 Å². The summed E-state index contributed by atoms with van der Waals surface area (Å²) >= 11 is 0. The van der Waals surface area contributed by atoms with Crippen molar-refractivity contribution in [1.29, 1.82) is 0 Å². The number of carbonyl (C=O) groups excluding carboxylic acids is 1. The first-order chi connectivity index (χ1) is 11.6. The maximum Gasteiger partial charge on any atom is 0.271 e. The molecule has 0 unspecified atom stereocenters. The van der Waals surface area contributed by atoms with Crippen molar-refractivity contribution in [3.8, 4) is 0 Å². The van der Waals surface area contributed by atoms with Crippen LogP contribution in [-0.4, -0.2) is 17.4 Å². The lowest BCUT2D eigenvalue weighted by molar-refractivity contribution is -0.384. The number of hydrogen-bond acceptors (Lipinski definition) is 4. The number of nitrogens with zero attached hydrogens (tertiary/aromatic N) is 1. The van der Waals surface area contributed by atoms with E-state index >= 15 is 0 Å². The number of nitrogens with one attached hydrogen (secondary N) is 2. The van der Waals surface area contributed by atoms with E-state index in [4.69, 9.17) is 0 Å². The normalized spacial score (nSPS) is 10.3. The Hall–Kier alpha value is -3.41. The summed E-state index contributed by atoms with van der Waals surface area (Å²) in [5, 5.41) is 18.6. The van der Waals surface area contributed by atoms with E-state index in [2.05, 4.69) is 10.6 Å². The third-order valence-corrected chi connectivity index (χ3v) is 3.57. The SMILES string of the molecule is O=C(CNc1cccc2ccccc12)Nc1cccc([N+](=O)[O-])c1. The van der Waals surface area contributed by atoms with Crippen LogP contribution in [-0.2, 0) is 4.79 Å².